The summed E-state index contributed by atoms with van der Waals surface area (Å²) in [6.07, 6.45) is 3.53. The third-order valence-corrected chi connectivity index (χ3v) is 2.93. The fourth-order valence-corrected chi connectivity index (χ4v) is 1.89. The summed E-state index contributed by atoms with van der Waals surface area (Å²) in [6, 6.07) is 6.53. The van der Waals surface area contributed by atoms with Gasteiger partial charge in [-0.25, -0.2) is 9.37 Å². The van der Waals surface area contributed by atoms with Crippen molar-refractivity contribution in [3.63, 3.8) is 0 Å². The molecule has 2 rings (SSSR count). The maximum atomic E-state index is 12.9. The molecule has 0 aliphatic heterocycles. The van der Waals surface area contributed by atoms with Crippen LogP contribution in [-0.2, 0) is 0 Å². The molecule has 0 fully saturated rings. The van der Waals surface area contributed by atoms with E-state index in [1.807, 2.05) is 18.4 Å². The zero-order valence-electron chi connectivity index (χ0n) is 9.97. The number of hydrogen-bond donors (Lipinski definition) is 1. The summed E-state index contributed by atoms with van der Waals surface area (Å²) < 4.78 is 14.9. The highest BCUT2D eigenvalue weighted by Crippen LogP contribution is 2.22. The van der Waals surface area contributed by atoms with Crippen molar-refractivity contribution in [1.29, 1.82) is 0 Å². The number of nitrogens with two attached hydrogens (primary N) is 1. The van der Waals surface area contributed by atoms with Crippen LogP contribution in [0.15, 0.2) is 36.8 Å². The second kappa shape index (κ2) is 4.67. The van der Waals surface area contributed by atoms with Crippen molar-refractivity contribution in [2.75, 3.05) is 0 Å². The van der Waals surface area contributed by atoms with E-state index in [1.54, 1.807) is 24.7 Å². The second-order valence-electron chi connectivity index (χ2n) is 4.24. The van der Waals surface area contributed by atoms with Crippen LogP contribution in [0.2, 0.25) is 0 Å². The molecule has 2 aromatic rings. The second-order valence-corrected chi connectivity index (χ2v) is 4.24. The van der Waals surface area contributed by atoms with Crippen LogP contribution in [0, 0.1) is 5.82 Å². The molecule has 1 heterocycles. The van der Waals surface area contributed by atoms with Crippen molar-refractivity contribution < 1.29 is 4.39 Å². The van der Waals surface area contributed by atoms with E-state index >= 15 is 0 Å². The van der Waals surface area contributed by atoms with Gasteiger partial charge in [-0.05, 0) is 31.5 Å². The van der Waals surface area contributed by atoms with E-state index < -0.39 is 0 Å². The van der Waals surface area contributed by atoms with E-state index in [0.29, 0.717) is 0 Å². The molecule has 0 saturated heterocycles. The lowest BCUT2D eigenvalue weighted by Crippen LogP contribution is -2.15. The van der Waals surface area contributed by atoms with E-state index in [-0.39, 0.29) is 17.9 Å². The van der Waals surface area contributed by atoms with Crippen LogP contribution in [0.25, 0.3) is 0 Å². The third-order valence-electron chi connectivity index (χ3n) is 2.93. The number of rotatable bonds is 3. The number of halogens is 1. The quantitative estimate of drug-likeness (QED) is 0.885. The average Bonchev–Trinajstić information content (AvgIpc) is 2.78. The highest BCUT2D eigenvalue weighted by Gasteiger charge is 2.13. The van der Waals surface area contributed by atoms with Crippen LogP contribution in [0.1, 0.15) is 37.2 Å². The average molecular weight is 233 g/mol. The molecule has 0 radical (unpaired) electrons. The molecule has 0 bridgehead atoms. The zero-order chi connectivity index (χ0) is 12.4. The molecular weight excluding hydrogens is 217 g/mol. The largest absolute Gasteiger partial charge is 0.326 e. The number of imidazole rings is 1. The SMILES string of the molecule is CC(c1ccc(F)cc1)n1cncc1[C@H](C)N. The maximum Gasteiger partial charge on any atom is 0.123 e. The summed E-state index contributed by atoms with van der Waals surface area (Å²) >= 11 is 0. The first-order valence-electron chi connectivity index (χ1n) is 5.62. The van der Waals surface area contributed by atoms with Gasteiger partial charge in [0.25, 0.3) is 0 Å². The fraction of sp³-hybridized carbons (Fsp3) is 0.308. The standard InChI is InChI=1S/C13H16FN3/c1-9(15)13-7-16-8-17(13)10(2)11-3-5-12(14)6-4-11/h3-10H,15H2,1-2H3/t9-,10?/m0/s1. The smallest absolute Gasteiger partial charge is 0.123 e. The van der Waals surface area contributed by atoms with Gasteiger partial charge in [0.2, 0.25) is 0 Å². The molecule has 0 spiro atoms. The molecule has 0 aliphatic carbocycles. The third kappa shape index (κ3) is 2.36. The van der Waals surface area contributed by atoms with E-state index in [4.69, 9.17) is 5.73 Å². The maximum absolute atomic E-state index is 12.9. The first-order chi connectivity index (χ1) is 8.09. The Morgan fingerprint density at radius 2 is 1.88 bits per heavy atom. The van der Waals surface area contributed by atoms with Gasteiger partial charge < -0.3 is 10.3 Å². The molecule has 17 heavy (non-hydrogen) atoms. The van der Waals surface area contributed by atoms with Crippen LogP contribution in [0.4, 0.5) is 4.39 Å². The van der Waals surface area contributed by atoms with Crippen molar-refractivity contribution in [2.45, 2.75) is 25.9 Å². The number of hydrogen-bond acceptors (Lipinski definition) is 2. The molecule has 1 aromatic carbocycles. The highest BCUT2D eigenvalue weighted by molar-refractivity contribution is 5.21. The Balaban J connectivity index is 2.33. The first-order valence-corrected chi connectivity index (χ1v) is 5.62. The van der Waals surface area contributed by atoms with Gasteiger partial charge in [-0.15, -0.1) is 0 Å². The Morgan fingerprint density at radius 3 is 2.47 bits per heavy atom. The summed E-state index contributed by atoms with van der Waals surface area (Å²) in [4.78, 5) is 4.12. The molecule has 3 nitrogen and oxygen atoms in total. The Labute approximate surface area is 100 Å². The van der Waals surface area contributed by atoms with Gasteiger partial charge in [0, 0.05) is 12.2 Å². The lowest BCUT2D eigenvalue weighted by Gasteiger charge is -2.18. The summed E-state index contributed by atoms with van der Waals surface area (Å²) in [5.74, 6) is -0.223. The van der Waals surface area contributed by atoms with Gasteiger partial charge in [-0.3, -0.25) is 0 Å². The highest BCUT2D eigenvalue weighted by atomic mass is 19.1. The van der Waals surface area contributed by atoms with E-state index in [1.165, 1.54) is 12.1 Å². The Kier molecular flexibility index (Phi) is 3.24. The van der Waals surface area contributed by atoms with Crippen molar-refractivity contribution >= 4 is 0 Å². The molecule has 1 aromatic heterocycles. The van der Waals surface area contributed by atoms with E-state index in [0.717, 1.165) is 11.3 Å². The van der Waals surface area contributed by atoms with Gasteiger partial charge in [-0.1, -0.05) is 12.1 Å². The van der Waals surface area contributed by atoms with Gasteiger partial charge in [0.1, 0.15) is 5.82 Å². The summed E-state index contributed by atoms with van der Waals surface area (Å²) in [5, 5.41) is 0. The van der Waals surface area contributed by atoms with Crippen LogP contribution >= 0.6 is 0 Å². The molecule has 0 saturated carbocycles. The minimum atomic E-state index is -0.223. The summed E-state index contributed by atoms with van der Waals surface area (Å²) in [7, 11) is 0. The van der Waals surface area contributed by atoms with Crippen molar-refractivity contribution in [2.24, 2.45) is 5.73 Å². The van der Waals surface area contributed by atoms with E-state index in [9.17, 15) is 4.39 Å². The van der Waals surface area contributed by atoms with Gasteiger partial charge in [0.05, 0.1) is 18.1 Å². The van der Waals surface area contributed by atoms with Crippen molar-refractivity contribution in [3.05, 3.63) is 53.9 Å². The summed E-state index contributed by atoms with van der Waals surface area (Å²) in [6.45, 7) is 3.96. The molecule has 1 unspecified atom stereocenters. The molecule has 4 heteroatoms. The monoisotopic (exact) mass is 233 g/mol. The Morgan fingerprint density at radius 1 is 1.24 bits per heavy atom. The van der Waals surface area contributed by atoms with Gasteiger partial charge >= 0.3 is 0 Å². The predicted molar refractivity (Wildman–Crippen MR) is 65.0 cm³/mol. The van der Waals surface area contributed by atoms with Crippen LogP contribution in [0.3, 0.4) is 0 Å². The Bertz CT molecular complexity index is 488. The van der Waals surface area contributed by atoms with Gasteiger partial charge in [-0.2, -0.15) is 0 Å². The van der Waals surface area contributed by atoms with Crippen LogP contribution in [-0.4, -0.2) is 9.55 Å². The number of nitrogens with zero attached hydrogens (tertiary/aromatic N) is 2. The lowest BCUT2D eigenvalue weighted by molar-refractivity contribution is 0.578. The number of benzene rings is 1. The predicted octanol–water partition coefficient (Wildman–Crippen LogP) is 2.65. The molecule has 2 atom stereocenters. The first kappa shape index (κ1) is 11.8. The molecule has 0 amide bonds. The van der Waals surface area contributed by atoms with Crippen molar-refractivity contribution in [1.82, 2.24) is 9.55 Å². The Hall–Kier alpha value is -1.68. The molecule has 90 valence electrons. The van der Waals surface area contributed by atoms with E-state index in [2.05, 4.69) is 4.98 Å². The number of aromatic nitrogens is 2. The minimum absolute atomic E-state index is 0.0691. The molecular formula is C13H16FN3. The normalized spacial score (nSPS) is 14.6. The van der Waals surface area contributed by atoms with Crippen LogP contribution < -0.4 is 5.73 Å². The van der Waals surface area contributed by atoms with Gasteiger partial charge in [0.15, 0.2) is 0 Å². The lowest BCUT2D eigenvalue weighted by atomic mass is 10.1. The van der Waals surface area contributed by atoms with Crippen molar-refractivity contribution in [3.8, 4) is 0 Å². The summed E-state index contributed by atoms with van der Waals surface area (Å²) in [5.41, 5.74) is 7.89. The fourth-order valence-electron chi connectivity index (χ4n) is 1.89. The molecule has 2 N–H and O–H groups in total. The minimum Gasteiger partial charge on any atom is -0.326 e. The molecule has 0 aliphatic rings. The zero-order valence-corrected chi connectivity index (χ0v) is 9.97. The van der Waals surface area contributed by atoms with Crippen LogP contribution in [0.5, 0.6) is 0 Å². The topological polar surface area (TPSA) is 43.8 Å².